The lowest BCUT2D eigenvalue weighted by atomic mass is 9.97. The smallest absolute Gasteiger partial charge is 0.408 e. The molecule has 0 radical (unpaired) electrons. The maximum Gasteiger partial charge on any atom is 0.408 e. The number of carbonyl (C=O) groups excluding carboxylic acids is 2. The molecule has 0 aromatic heterocycles. The van der Waals surface area contributed by atoms with E-state index in [-0.39, 0.29) is 18.9 Å². The Bertz CT molecular complexity index is 946. The zero-order chi connectivity index (χ0) is 22.6. The summed E-state index contributed by atoms with van der Waals surface area (Å²) in [5, 5.41) is 22.9. The predicted molar refractivity (Wildman–Crippen MR) is 114 cm³/mol. The van der Waals surface area contributed by atoms with Gasteiger partial charge in [0.25, 0.3) is 0 Å². The SMILES string of the molecule is CCC(C)(NC(=O)OCC1c2ccccc2-c2ccccc21)C(=O)N[C@@H](CO)C(=O)O. The number of alkyl carbamates (subject to hydrolysis) is 1. The summed E-state index contributed by atoms with van der Waals surface area (Å²) in [7, 11) is 0. The standard InChI is InChI=1S/C23H26N2O6/c1-3-23(2,21(29)24-19(12-26)20(27)28)25-22(30)31-13-18-16-10-6-4-8-14(16)15-9-5-7-11-17(15)18/h4-11,18-19,26H,3,12-13H2,1-2H3,(H,24,29)(H,25,30)(H,27,28)/t19-,23?/m0/s1. The monoisotopic (exact) mass is 426 g/mol. The summed E-state index contributed by atoms with van der Waals surface area (Å²) >= 11 is 0. The van der Waals surface area contributed by atoms with Crippen LogP contribution in [0, 0.1) is 0 Å². The maximum absolute atomic E-state index is 12.5. The number of amides is 2. The molecular formula is C23H26N2O6. The first-order valence-corrected chi connectivity index (χ1v) is 10.1. The van der Waals surface area contributed by atoms with Gasteiger partial charge in [-0.3, -0.25) is 4.79 Å². The summed E-state index contributed by atoms with van der Waals surface area (Å²) in [4.78, 5) is 36.1. The van der Waals surface area contributed by atoms with Gasteiger partial charge in [0.15, 0.2) is 0 Å². The highest BCUT2D eigenvalue weighted by Gasteiger charge is 2.36. The van der Waals surface area contributed by atoms with Gasteiger partial charge in [0.2, 0.25) is 5.91 Å². The van der Waals surface area contributed by atoms with Crippen molar-refractivity contribution in [3.8, 4) is 11.1 Å². The lowest BCUT2D eigenvalue weighted by molar-refractivity contribution is -0.144. The van der Waals surface area contributed by atoms with E-state index in [1.165, 1.54) is 6.92 Å². The number of nitrogens with one attached hydrogen (secondary N) is 2. The number of aliphatic hydroxyl groups is 1. The van der Waals surface area contributed by atoms with Gasteiger partial charge in [0, 0.05) is 5.92 Å². The second-order valence-electron chi connectivity index (χ2n) is 7.68. The van der Waals surface area contributed by atoms with Crippen molar-refractivity contribution in [3.63, 3.8) is 0 Å². The van der Waals surface area contributed by atoms with Crippen molar-refractivity contribution in [1.82, 2.24) is 10.6 Å². The molecular weight excluding hydrogens is 400 g/mol. The van der Waals surface area contributed by atoms with Gasteiger partial charge >= 0.3 is 12.1 Å². The molecule has 0 saturated heterocycles. The molecule has 0 fully saturated rings. The molecule has 3 rings (SSSR count). The van der Waals surface area contributed by atoms with E-state index in [1.807, 2.05) is 48.5 Å². The van der Waals surface area contributed by atoms with E-state index < -0.39 is 36.2 Å². The van der Waals surface area contributed by atoms with Crippen molar-refractivity contribution in [2.24, 2.45) is 0 Å². The van der Waals surface area contributed by atoms with Crippen LogP contribution < -0.4 is 10.6 Å². The molecule has 0 heterocycles. The molecule has 2 amide bonds. The summed E-state index contributed by atoms with van der Waals surface area (Å²) < 4.78 is 5.47. The molecule has 164 valence electrons. The molecule has 2 aromatic carbocycles. The Morgan fingerprint density at radius 2 is 1.61 bits per heavy atom. The molecule has 2 atom stereocenters. The predicted octanol–water partition coefficient (Wildman–Crippen LogP) is 2.26. The summed E-state index contributed by atoms with van der Waals surface area (Å²) in [6.07, 6.45) is -0.585. The molecule has 1 aliphatic rings. The minimum atomic E-state index is -1.46. The van der Waals surface area contributed by atoms with Crippen LogP contribution in [-0.4, -0.2) is 53.0 Å². The molecule has 0 saturated carbocycles. The van der Waals surface area contributed by atoms with Crippen molar-refractivity contribution in [2.75, 3.05) is 13.2 Å². The molecule has 2 aromatic rings. The van der Waals surface area contributed by atoms with Crippen molar-refractivity contribution < 1.29 is 29.3 Å². The number of aliphatic carboxylic acids is 1. The number of ether oxygens (including phenoxy) is 1. The molecule has 1 aliphatic carbocycles. The van der Waals surface area contributed by atoms with Gasteiger partial charge in [-0.2, -0.15) is 0 Å². The van der Waals surface area contributed by atoms with Crippen molar-refractivity contribution in [2.45, 2.75) is 37.8 Å². The number of carboxylic acid groups (broad SMARTS) is 1. The van der Waals surface area contributed by atoms with Crippen LogP contribution in [0.25, 0.3) is 11.1 Å². The third-order valence-electron chi connectivity index (χ3n) is 5.72. The highest BCUT2D eigenvalue weighted by Crippen LogP contribution is 2.44. The van der Waals surface area contributed by atoms with Crippen molar-refractivity contribution in [1.29, 1.82) is 0 Å². The Morgan fingerprint density at radius 3 is 2.10 bits per heavy atom. The number of fused-ring (bicyclic) bond motifs is 3. The van der Waals surface area contributed by atoms with Gasteiger partial charge in [0.05, 0.1) is 6.61 Å². The second-order valence-corrected chi connectivity index (χ2v) is 7.68. The highest BCUT2D eigenvalue weighted by molar-refractivity contribution is 5.92. The average molecular weight is 426 g/mol. The fraction of sp³-hybridized carbons (Fsp3) is 0.348. The Morgan fingerprint density at radius 1 is 1.06 bits per heavy atom. The summed E-state index contributed by atoms with van der Waals surface area (Å²) in [6.45, 7) is 2.49. The Hall–Kier alpha value is -3.39. The Labute approximate surface area is 180 Å². The highest BCUT2D eigenvalue weighted by atomic mass is 16.5. The number of benzene rings is 2. The van der Waals surface area contributed by atoms with Crippen molar-refractivity contribution in [3.05, 3.63) is 59.7 Å². The number of hydrogen-bond donors (Lipinski definition) is 4. The van der Waals surface area contributed by atoms with Crippen LogP contribution in [0.5, 0.6) is 0 Å². The third-order valence-corrected chi connectivity index (χ3v) is 5.72. The Balaban J connectivity index is 1.68. The van der Waals surface area contributed by atoms with E-state index in [0.29, 0.717) is 0 Å². The second kappa shape index (κ2) is 9.18. The van der Waals surface area contributed by atoms with Crippen molar-refractivity contribution >= 4 is 18.0 Å². The lowest BCUT2D eigenvalue weighted by Crippen LogP contribution is -2.60. The quantitative estimate of drug-likeness (QED) is 0.513. The zero-order valence-electron chi connectivity index (χ0n) is 17.4. The van der Waals surface area contributed by atoms with Crippen LogP contribution in [0.2, 0.25) is 0 Å². The number of rotatable bonds is 8. The lowest BCUT2D eigenvalue weighted by Gasteiger charge is -2.29. The van der Waals surface area contributed by atoms with Gasteiger partial charge in [-0.25, -0.2) is 9.59 Å². The first-order valence-electron chi connectivity index (χ1n) is 10.1. The van der Waals surface area contributed by atoms with Gasteiger partial charge in [-0.05, 0) is 35.6 Å². The molecule has 31 heavy (non-hydrogen) atoms. The van der Waals surface area contributed by atoms with Crippen LogP contribution in [0.3, 0.4) is 0 Å². The van der Waals surface area contributed by atoms with E-state index in [1.54, 1.807) is 6.92 Å². The van der Waals surface area contributed by atoms with E-state index >= 15 is 0 Å². The van der Waals surface area contributed by atoms with Crippen LogP contribution in [-0.2, 0) is 14.3 Å². The first-order chi connectivity index (χ1) is 14.8. The van der Waals surface area contributed by atoms with Crippen LogP contribution in [0.4, 0.5) is 4.79 Å². The largest absolute Gasteiger partial charge is 0.480 e. The zero-order valence-corrected chi connectivity index (χ0v) is 17.4. The van der Waals surface area contributed by atoms with Gasteiger partial charge in [-0.15, -0.1) is 0 Å². The summed E-state index contributed by atoms with van der Waals surface area (Å²) in [6, 6.07) is 14.4. The number of aliphatic hydroxyl groups excluding tert-OH is 1. The number of hydrogen-bond acceptors (Lipinski definition) is 5. The molecule has 8 nitrogen and oxygen atoms in total. The fourth-order valence-corrected chi connectivity index (χ4v) is 3.67. The van der Waals surface area contributed by atoms with E-state index in [9.17, 15) is 14.4 Å². The molecule has 8 heteroatoms. The summed E-state index contributed by atoms with van der Waals surface area (Å²) in [5.74, 6) is -2.20. The topological polar surface area (TPSA) is 125 Å². The van der Waals surface area contributed by atoms with E-state index in [2.05, 4.69) is 10.6 Å². The molecule has 0 spiro atoms. The van der Waals surface area contributed by atoms with Crippen LogP contribution >= 0.6 is 0 Å². The number of carbonyl (C=O) groups is 3. The van der Waals surface area contributed by atoms with Crippen LogP contribution in [0.1, 0.15) is 37.3 Å². The fourth-order valence-electron chi connectivity index (χ4n) is 3.67. The summed E-state index contributed by atoms with van der Waals surface area (Å²) in [5.41, 5.74) is 2.95. The number of carboxylic acids is 1. The normalized spacial score (nSPS) is 15.2. The van der Waals surface area contributed by atoms with Gasteiger partial charge < -0.3 is 25.6 Å². The maximum atomic E-state index is 12.5. The molecule has 1 unspecified atom stereocenters. The average Bonchev–Trinajstić information content (AvgIpc) is 3.09. The van der Waals surface area contributed by atoms with Crippen LogP contribution in [0.15, 0.2) is 48.5 Å². The minimum Gasteiger partial charge on any atom is -0.480 e. The van der Waals surface area contributed by atoms with Gasteiger partial charge in [-0.1, -0.05) is 55.5 Å². The molecule has 4 N–H and O–H groups in total. The van der Waals surface area contributed by atoms with E-state index in [4.69, 9.17) is 14.9 Å². The Kier molecular flexibility index (Phi) is 6.60. The van der Waals surface area contributed by atoms with Gasteiger partial charge in [0.1, 0.15) is 18.2 Å². The minimum absolute atomic E-state index is 0.0929. The first kappa shape index (κ1) is 22.3. The third kappa shape index (κ3) is 4.54. The molecule has 0 bridgehead atoms. The van der Waals surface area contributed by atoms with E-state index in [0.717, 1.165) is 22.3 Å². The molecule has 0 aliphatic heterocycles.